The second-order valence-corrected chi connectivity index (χ2v) is 7.66. The Bertz CT molecular complexity index is 847. The molecular formula is C24H29FN2O3. The van der Waals surface area contributed by atoms with Crippen molar-refractivity contribution in [3.63, 3.8) is 0 Å². The summed E-state index contributed by atoms with van der Waals surface area (Å²) in [4.78, 5) is 29.7. The topological polar surface area (TPSA) is 49.9 Å². The number of amides is 1. The minimum absolute atomic E-state index is 0.176. The van der Waals surface area contributed by atoms with E-state index in [9.17, 15) is 14.0 Å². The molecule has 160 valence electrons. The number of nitrogens with zero attached hydrogens (tertiary/aromatic N) is 2. The number of likely N-dealkylation sites (tertiary alicyclic amines) is 1. The molecule has 6 heteroatoms. The van der Waals surface area contributed by atoms with Crippen LogP contribution in [0.5, 0.6) is 0 Å². The Kier molecular flexibility index (Phi) is 7.21. The number of methoxy groups -OCH3 is 1. The molecule has 30 heavy (non-hydrogen) atoms. The van der Waals surface area contributed by atoms with E-state index in [0.717, 1.165) is 13.0 Å². The predicted octanol–water partition coefficient (Wildman–Crippen LogP) is 3.82. The van der Waals surface area contributed by atoms with Crippen molar-refractivity contribution in [1.29, 1.82) is 0 Å². The summed E-state index contributed by atoms with van der Waals surface area (Å²) in [5, 5.41) is 0. The zero-order valence-corrected chi connectivity index (χ0v) is 17.6. The number of ether oxygens (including phenoxy) is 1. The van der Waals surface area contributed by atoms with Gasteiger partial charge in [0, 0.05) is 31.7 Å². The van der Waals surface area contributed by atoms with Crippen LogP contribution in [-0.2, 0) is 20.7 Å². The fourth-order valence-electron chi connectivity index (χ4n) is 4.17. The summed E-state index contributed by atoms with van der Waals surface area (Å²) in [7, 11) is 1.35. The minimum atomic E-state index is -1.08. The lowest BCUT2D eigenvalue weighted by atomic mass is 9.84. The van der Waals surface area contributed by atoms with Gasteiger partial charge in [-0.15, -0.1) is 0 Å². The van der Waals surface area contributed by atoms with E-state index in [0.29, 0.717) is 31.6 Å². The Hall–Kier alpha value is -2.73. The van der Waals surface area contributed by atoms with E-state index in [4.69, 9.17) is 4.74 Å². The Morgan fingerprint density at radius 1 is 1.07 bits per heavy atom. The van der Waals surface area contributed by atoms with E-state index in [1.165, 1.54) is 29.7 Å². The molecule has 1 amide bonds. The van der Waals surface area contributed by atoms with Crippen LogP contribution < -0.4 is 4.90 Å². The Morgan fingerprint density at radius 3 is 2.27 bits per heavy atom. The fourth-order valence-corrected chi connectivity index (χ4v) is 4.17. The van der Waals surface area contributed by atoms with Gasteiger partial charge < -0.3 is 9.64 Å². The lowest BCUT2D eigenvalue weighted by molar-refractivity contribution is -0.151. The van der Waals surface area contributed by atoms with Crippen LogP contribution in [0.25, 0.3) is 0 Å². The van der Waals surface area contributed by atoms with Gasteiger partial charge in [0.1, 0.15) is 11.4 Å². The van der Waals surface area contributed by atoms with Crippen molar-refractivity contribution in [2.75, 3.05) is 31.6 Å². The molecule has 3 rings (SSSR count). The number of hydrogen-bond donors (Lipinski definition) is 0. The molecule has 1 heterocycles. The summed E-state index contributed by atoms with van der Waals surface area (Å²) in [5.41, 5.74) is 0.714. The molecule has 0 aliphatic carbocycles. The van der Waals surface area contributed by atoms with E-state index in [1.54, 1.807) is 19.1 Å². The third-order valence-electron chi connectivity index (χ3n) is 5.87. The van der Waals surface area contributed by atoms with Crippen LogP contribution in [0, 0.1) is 5.82 Å². The predicted molar refractivity (Wildman–Crippen MR) is 115 cm³/mol. The maximum absolute atomic E-state index is 13.5. The molecule has 1 aliphatic rings. The number of hydrogen-bond acceptors (Lipinski definition) is 4. The quantitative estimate of drug-likeness (QED) is 0.649. The first-order chi connectivity index (χ1) is 14.5. The monoisotopic (exact) mass is 412 g/mol. The second kappa shape index (κ2) is 9.85. The normalized spacial score (nSPS) is 16.1. The molecule has 0 aromatic heterocycles. The first-order valence-corrected chi connectivity index (χ1v) is 10.4. The van der Waals surface area contributed by atoms with Crippen LogP contribution in [0.15, 0.2) is 54.6 Å². The van der Waals surface area contributed by atoms with Gasteiger partial charge >= 0.3 is 5.97 Å². The van der Waals surface area contributed by atoms with E-state index < -0.39 is 11.5 Å². The highest BCUT2D eigenvalue weighted by Crippen LogP contribution is 2.35. The van der Waals surface area contributed by atoms with Gasteiger partial charge in [0.15, 0.2) is 0 Å². The molecule has 0 N–H and O–H groups in total. The van der Waals surface area contributed by atoms with Crippen LogP contribution in [0.4, 0.5) is 10.1 Å². The maximum Gasteiger partial charge on any atom is 0.332 e. The summed E-state index contributed by atoms with van der Waals surface area (Å²) >= 11 is 0. The largest absolute Gasteiger partial charge is 0.467 e. The van der Waals surface area contributed by atoms with Crippen LogP contribution in [-0.4, -0.2) is 49.1 Å². The third-order valence-corrected chi connectivity index (χ3v) is 5.87. The molecule has 5 nitrogen and oxygen atoms in total. The number of esters is 1. The van der Waals surface area contributed by atoms with Crippen molar-refractivity contribution >= 4 is 17.6 Å². The van der Waals surface area contributed by atoms with E-state index in [2.05, 4.69) is 17.0 Å². The van der Waals surface area contributed by atoms with E-state index in [-0.39, 0.29) is 18.1 Å². The Balaban J connectivity index is 1.81. The second-order valence-electron chi connectivity index (χ2n) is 7.66. The van der Waals surface area contributed by atoms with Crippen LogP contribution in [0.1, 0.15) is 31.7 Å². The molecule has 0 bridgehead atoms. The molecule has 0 radical (unpaired) electrons. The average molecular weight is 413 g/mol. The lowest BCUT2D eigenvalue weighted by Gasteiger charge is -2.46. The number of rotatable bonds is 7. The zero-order chi connectivity index (χ0) is 21.6. The molecule has 1 saturated heterocycles. The van der Waals surface area contributed by atoms with Crippen molar-refractivity contribution in [1.82, 2.24) is 4.90 Å². The third kappa shape index (κ3) is 4.70. The molecule has 0 spiro atoms. The van der Waals surface area contributed by atoms with Crippen LogP contribution >= 0.6 is 0 Å². The SMILES string of the molecule is CCC(=O)N(c1ccc(F)cc1)C1(C(=O)OC)CCN(CCc2ccccc2)CC1. The molecule has 2 aromatic carbocycles. The molecule has 1 aliphatic heterocycles. The fraction of sp³-hybridized carbons (Fsp3) is 0.417. The average Bonchev–Trinajstić information content (AvgIpc) is 2.79. The number of halogens is 1. The molecular weight excluding hydrogens is 383 g/mol. The van der Waals surface area contributed by atoms with Gasteiger partial charge in [-0.1, -0.05) is 37.3 Å². The number of anilines is 1. The summed E-state index contributed by atoms with van der Waals surface area (Å²) < 4.78 is 18.6. The van der Waals surface area contributed by atoms with Crippen LogP contribution in [0.3, 0.4) is 0 Å². The summed E-state index contributed by atoms with van der Waals surface area (Å²) in [5.74, 6) is -0.980. The number of piperidine rings is 1. The van der Waals surface area contributed by atoms with Crippen molar-refractivity contribution in [2.45, 2.75) is 38.1 Å². The van der Waals surface area contributed by atoms with Gasteiger partial charge in [-0.05, 0) is 49.1 Å². The number of carbonyl (C=O) groups is 2. The molecule has 0 unspecified atom stereocenters. The van der Waals surface area contributed by atoms with Gasteiger partial charge in [-0.2, -0.15) is 0 Å². The van der Waals surface area contributed by atoms with Gasteiger partial charge in [-0.3, -0.25) is 9.69 Å². The van der Waals surface area contributed by atoms with Gasteiger partial charge in [0.25, 0.3) is 0 Å². The summed E-state index contributed by atoms with van der Waals surface area (Å²) in [6.07, 6.45) is 2.12. The molecule has 2 aromatic rings. The first-order valence-electron chi connectivity index (χ1n) is 10.4. The van der Waals surface area contributed by atoms with Crippen molar-refractivity contribution in [3.05, 3.63) is 66.0 Å². The van der Waals surface area contributed by atoms with Crippen molar-refractivity contribution in [3.8, 4) is 0 Å². The van der Waals surface area contributed by atoms with Gasteiger partial charge in [0.2, 0.25) is 5.91 Å². The maximum atomic E-state index is 13.5. The molecule has 0 saturated carbocycles. The van der Waals surface area contributed by atoms with Crippen molar-refractivity contribution < 1.29 is 18.7 Å². The van der Waals surface area contributed by atoms with Crippen LogP contribution in [0.2, 0.25) is 0 Å². The van der Waals surface area contributed by atoms with Crippen molar-refractivity contribution in [2.24, 2.45) is 0 Å². The number of carbonyl (C=O) groups excluding carboxylic acids is 2. The van der Waals surface area contributed by atoms with E-state index in [1.807, 2.05) is 18.2 Å². The Morgan fingerprint density at radius 2 is 1.70 bits per heavy atom. The standard InChI is InChI=1S/C24H29FN2O3/c1-3-22(28)27(21-11-9-20(25)10-12-21)24(23(29)30-2)14-17-26(18-15-24)16-13-19-7-5-4-6-8-19/h4-12H,3,13-18H2,1-2H3. The smallest absolute Gasteiger partial charge is 0.332 e. The van der Waals surface area contributed by atoms with Gasteiger partial charge in [-0.25, -0.2) is 9.18 Å². The van der Waals surface area contributed by atoms with Gasteiger partial charge in [0.05, 0.1) is 7.11 Å². The highest BCUT2D eigenvalue weighted by atomic mass is 19.1. The zero-order valence-electron chi connectivity index (χ0n) is 17.6. The molecule has 1 fully saturated rings. The highest BCUT2D eigenvalue weighted by Gasteiger charge is 2.49. The highest BCUT2D eigenvalue weighted by molar-refractivity contribution is 6.02. The molecule has 0 atom stereocenters. The Labute approximate surface area is 177 Å². The number of benzene rings is 2. The van der Waals surface area contributed by atoms with E-state index >= 15 is 0 Å². The lowest BCUT2D eigenvalue weighted by Crippen LogP contribution is -2.62. The first kappa shape index (κ1) is 22.0. The summed E-state index contributed by atoms with van der Waals surface area (Å²) in [6, 6.07) is 16.0. The summed E-state index contributed by atoms with van der Waals surface area (Å²) in [6.45, 7) is 4.01. The minimum Gasteiger partial charge on any atom is -0.467 e.